The summed E-state index contributed by atoms with van der Waals surface area (Å²) in [5.41, 5.74) is 14.4. The molecule has 9 rings (SSSR count). The van der Waals surface area contributed by atoms with Gasteiger partial charge in [0.1, 0.15) is 0 Å². The van der Waals surface area contributed by atoms with E-state index in [4.69, 9.17) is 19.9 Å². The molecule has 0 saturated heterocycles. The van der Waals surface area contributed by atoms with E-state index in [1.807, 2.05) is 97.2 Å². The minimum absolute atomic E-state index is 0.203. The Morgan fingerprint density at radius 1 is 0.434 bits per heavy atom. The van der Waals surface area contributed by atoms with Crippen molar-refractivity contribution in [3.05, 3.63) is 181 Å². The van der Waals surface area contributed by atoms with E-state index in [0.29, 0.717) is 23.0 Å². The van der Waals surface area contributed by atoms with Crippen LogP contribution in [0, 0.1) is 11.3 Å². The second-order valence-electron chi connectivity index (χ2n) is 13.9. The average molecular weight is 680 g/mol. The second-order valence-corrected chi connectivity index (χ2v) is 13.9. The molecule has 8 aromatic rings. The highest BCUT2D eigenvalue weighted by atomic mass is 15.0. The lowest BCUT2D eigenvalue weighted by atomic mass is 9.81. The highest BCUT2D eigenvalue weighted by Gasteiger charge is 2.35. The van der Waals surface area contributed by atoms with Gasteiger partial charge < -0.3 is 0 Å². The zero-order chi connectivity index (χ0) is 35.9. The fourth-order valence-electron chi connectivity index (χ4n) is 7.38. The number of nitriles is 1. The molecule has 250 valence electrons. The van der Waals surface area contributed by atoms with Crippen LogP contribution in [0.2, 0.25) is 0 Å². The molecule has 2 heterocycles. The Labute approximate surface area is 309 Å². The summed E-state index contributed by atoms with van der Waals surface area (Å²) in [7, 11) is 0. The lowest BCUT2D eigenvalue weighted by Crippen LogP contribution is -2.15. The van der Waals surface area contributed by atoms with E-state index in [9.17, 15) is 5.26 Å². The zero-order valence-corrected chi connectivity index (χ0v) is 29.3. The molecule has 0 N–H and O–H groups in total. The number of pyridine rings is 1. The van der Waals surface area contributed by atoms with Crippen molar-refractivity contribution in [2.75, 3.05) is 0 Å². The summed E-state index contributed by atoms with van der Waals surface area (Å²) in [5, 5.41) is 9.55. The normalized spacial score (nSPS) is 12.5. The Kier molecular flexibility index (Phi) is 7.79. The number of fused-ring (bicyclic) bond motifs is 3. The van der Waals surface area contributed by atoms with Crippen LogP contribution in [0.4, 0.5) is 0 Å². The van der Waals surface area contributed by atoms with E-state index in [-0.39, 0.29) is 5.41 Å². The Morgan fingerprint density at radius 2 is 0.943 bits per heavy atom. The minimum atomic E-state index is -0.203. The number of hydrogen-bond acceptors (Lipinski definition) is 5. The van der Waals surface area contributed by atoms with Gasteiger partial charge in [0, 0.05) is 33.9 Å². The SMILES string of the molecule is CC1(C)c2cc(C#N)ccc2-c2ccc(-c3ccc(-c4cc(-c5ccccn5)cc(-c5nc(-c6ccccc6)nc(-c6ccccc6)n5)c4)cc3)cc21. The van der Waals surface area contributed by atoms with Crippen molar-refractivity contribution in [3.8, 4) is 84.9 Å². The number of benzene rings is 6. The van der Waals surface area contributed by atoms with Gasteiger partial charge in [-0.25, -0.2) is 15.0 Å². The van der Waals surface area contributed by atoms with Gasteiger partial charge in [-0.3, -0.25) is 4.98 Å². The first-order chi connectivity index (χ1) is 25.9. The van der Waals surface area contributed by atoms with E-state index >= 15 is 0 Å². The largest absolute Gasteiger partial charge is 0.256 e. The Balaban J connectivity index is 1.13. The standard InChI is InChI=1S/C48H33N5/c1-48(2)42-25-31(30-49)16-22-40(42)41-23-21-36(29-43(41)48)32-17-19-33(20-18-32)37-26-38(44-15-9-10-24-50-44)28-39(27-37)47-52-45(34-11-5-3-6-12-34)51-46(53-47)35-13-7-4-8-14-35/h3-29H,1-2H3. The van der Waals surface area contributed by atoms with Crippen molar-refractivity contribution in [3.63, 3.8) is 0 Å². The molecule has 0 bridgehead atoms. The molecule has 0 saturated carbocycles. The van der Waals surface area contributed by atoms with Crippen LogP contribution in [0.15, 0.2) is 164 Å². The van der Waals surface area contributed by atoms with Crippen LogP contribution in [0.5, 0.6) is 0 Å². The first kappa shape index (κ1) is 31.9. The highest BCUT2D eigenvalue weighted by Crippen LogP contribution is 2.50. The maximum atomic E-state index is 9.55. The molecule has 1 aliphatic carbocycles. The van der Waals surface area contributed by atoms with E-state index < -0.39 is 0 Å². The molecule has 0 spiro atoms. The van der Waals surface area contributed by atoms with Crippen molar-refractivity contribution in [2.45, 2.75) is 19.3 Å². The van der Waals surface area contributed by atoms with Gasteiger partial charge >= 0.3 is 0 Å². The smallest absolute Gasteiger partial charge is 0.164 e. The van der Waals surface area contributed by atoms with Gasteiger partial charge in [0.15, 0.2) is 17.5 Å². The summed E-state index contributed by atoms with van der Waals surface area (Å²) in [4.78, 5) is 19.7. The van der Waals surface area contributed by atoms with Gasteiger partial charge in [0.05, 0.1) is 17.3 Å². The predicted molar refractivity (Wildman–Crippen MR) is 213 cm³/mol. The van der Waals surface area contributed by atoms with Gasteiger partial charge in [-0.2, -0.15) is 5.26 Å². The van der Waals surface area contributed by atoms with Crippen LogP contribution in [0.25, 0.3) is 78.8 Å². The molecule has 0 aliphatic heterocycles. The first-order valence-corrected chi connectivity index (χ1v) is 17.7. The van der Waals surface area contributed by atoms with E-state index in [2.05, 4.69) is 86.6 Å². The number of rotatable bonds is 6. The van der Waals surface area contributed by atoms with Crippen LogP contribution in [-0.4, -0.2) is 19.9 Å². The number of aromatic nitrogens is 4. The van der Waals surface area contributed by atoms with Crippen LogP contribution >= 0.6 is 0 Å². The lowest BCUT2D eigenvalue weighted by Gasteiger charge is -2.22. The summed E-state index contributed by atoms with van der Waals surface area (Å²) in [6.07, 6.45) is 1.82. The molecule has 53 heavy (non-hydrogen) atoms. The Morgan fingerprint density at radius 3 is 1.55 bits per heavy atom. The van der Waals surface area contributed by atoms with Crippen LogP contribution in [0.3, 0.4) is 0 Å². The fraction of sp³-hybridized carbons (Fsp3) is 0.0625. The molecular weight excluding hydrogens is 647 g/mol. The van der Waals surface area contributed by atoms with Crippen LogP contribution < -0.4 is 0 Å². The molecule has 0 amide bonds. The van der Waals surface area contributed by atoms with Crippen molar-refractivity contribution >= 4 is 0 Å². The zero-order valence-electron chi connectivity index (χ0n) is 29.3. The molecular formula is C48H33N5. The lowest BCUT2D eigenvalue weighted by molar-refractivity contribution is 0.660. The highest BCUT2D eigenvalue weighted by molar-refractivity contribution is 5.85. The molecule has 2 aromatic heterocycles. The summed E-state index contributed by atoms with van der Waals surface area (Å²) in [6, 6.07) is 56.3. The van der Waals surface area contributed by atoms with Crippen molar-refractivity contribution in [1.29, 1.82) is 5.26 Å². The maximum absolute atomic E-state index is 9.55. The fourth-order valence-corrected chi connectivity index (χ4v) is 7.38. The van der Waals surface area contributed by atoms with Crippen LogP contribution in [0.1, 0.15) is 30.5 Å². The van der Waals surface area contributed by atoms with E-state index in [1.165, 1.54) is 22.3 Å². The maximum Gasteiger partial charge on any atom is 0.164 e. The second kappa shape index (κ2) is 12.9. The molecule has 6 aromatic carbocycles. The predicted octanol–water partition coefficient (Wildman–Crippen LogP) is 11.4. The molecule has 1 aliphatic rings. The first-order valence-electron chi connectivity index (χ1n) is 17.7. The molecule has 5 nitrogen and oxygen atoms in total. The summed E-state index contributed by atoms with van der Waals surface area (Å²) < 4.78 is 0. The number of hydrogen-bond donors (Lipinski definition) is 0. The molecule has 0 atom stereocenters. The third-order valence-electron chi connectivity index (χ3n) is 10.2. The Bertz CT molecular complexity index is 2620. The molecule has 0 unspecified atom stereocenters. The van der Waals surface area contributed by atoms with Gasteiger partial charge in [0.2, 0.25) is 0 Å². The van der Waals surface area contributed by atoms with Crippen LogP contribution in [-0.2, 0) is 5.41 Å². The molecule has 5 heteroatoms. The van der Waals surface area contributed by atoms with Gasteiger partial charge in [-0.1, -0.05) is 123 Å². The summed E-state index contributed by atoms with van der Waals surface area (Å²) in [5.74, 6) is 1.83. The minimum Gasteiger partial charge on any atom is -0.256 e. The monoisotopic (exact) mass is 679 g/mol. The molecule has 0 fully saturated rings. The topological polar surface area (TPSA) is 75.3 Å². The van der Waals surface area contributed by atoms with Gasteiger partial charge in [-0.05, 0) is 93.0 Å². The summed E-state index contributed by atoms with van der Waals surface area (Å²) >= 11 is 0. The van der Waals surface area contributed by atoms with Gasteiger partial charge in [0.25, 0.3) is 0 Å². The number of nitrogens with zero attached hydrogens (tertiary/aromatic N) is 5. The third-order valence-corrected chi connectivity index (χ3v) is 10.2. The quantitative estimate of drug-likeness (QED) is 0.175. The van der Waals surface area contributed by atoms with Crippen molar-refractivity contribution in [2.24, 2.45) is 0 Å². The van der Waals surface area contributed by atoms with Crippen molar-refractivity contribution in [1.82, 2.24) is 19.9 Å². The summed E-state index contributed by atoms with van der Waals surface area (Å²) in [6.45, 7) is 4.49. The Hall–Kier alpha value is -7.03. The third kappa shape index (κ3) is 5.87. The van der Waals surface area contributed by atoms with Crippen molar-refractivity contribution < 1.29 is 0 Å². The molecule has 0 radical (unpaired) electrons. The average Bonchev–Trinajstić information content (AvgIpc) is 3.46. The van der Waals surface area contributed by atoms with E-state index in [1.54, 1.807) is 0 Å². The van der Waals surface area contributed by atoms with Gasteiger partial charge in [-0.15, -0.1) is 0 Å². The van der Waals surface area contributed by atoms with E-state index in [0.717, 1.165) is 50.2 Å².